The fourth-order valence-electron chi connectivity index (χ4n) is 2.47. The number of carbonyl (C=O) groups excluding carboxylic acids is 1. The van der Waals surface area contributed by atoms with Crippen molar-refractivity contribution in [3.05, 3.63) is 0 Å². The van der Waals surface area contributed by atoms with E-state index in [1.54, 1.807) is 0 Å². The zero-order valence-electron chi connectivity index (χ0n) is 11.9. The van der Waals surface area contributed by atoms with Gasteiger partial charge in [-0.2, -0.15) is 0 Å². The van der Waals surface area contributed by atoms with Crippen LogP contribution in [0.2, 0.25) is 0 Å². The van der Waals surface area contributed by atoms with Crippen molar-refractivity contribution in [1.29, 1.82) is 0 Å². The van der Waals surface area contributed by atoms with E-state index in [4.69, 9.17) is 4.74 Å². The van der Waals surface area contributed by atoms with E-state index < -0.39 is 0 Å². The maximum absolute atomic E-state index is 11.7. The minimum absolute atomic E-state index is 0.118. The van der Waals surface area contributed by atoms with Crippen LogP contribution in [0.3, 0.4) is 0 Å². The molecule has 1 heterocycles. The van der Waals surface area contributed by atoms with E-state index in [1.807, 2.05) is 14.0 Å². The highest BCUT2D eigenvalue weighted by molar-refractivity contribution is 5.75. The Morgan fingerprint density at radius 1 is 1.22 bits per heavy atom. The molecule has 1 aliphatic rings. The molecule has 0 amide bonds. The van der Waals surface area contributed by atoms with Crippen molar-refractivity contribution in [2.45, 2.75) is 51.5 Å². The van der Waals surface area contributed by atoms with Crippen LogP contribution in [0.25, 0.3) is 0 Å². The molecule has 1 atom stereocenters. The fraction of sp³-hybridized carbons (Fsp3) is 0.929. The molecule has 0 radical (unpaired) electrons. The average Bonchev–Trinajstić information content (AvgIpc) is 2.32. The van der Waals surface area contributed by atoms with Crippen LogP contribution in [0.15, 0.2) is 0 Å². The second-order valence-corrected chi connectivity index (χ2v) is 4.99. The Labute approximate surface area is 111 Å². The largest absolute Gasteiger partial charge is 0.465 e. The molecule has 0 spiro atoms. The van der Waals surface area contributed by atoms with Gasteiger partial charge in [0, 0.05) is 6.54 Å². The van der Waals surface area contributed by atoms with Crippen molar-refractivity contribution in [2.24, 2.45) is 0 Å². The SMILES string of the molecule is CCOC(=O)C(CCN1CCCCCCC1)NC. The molecule has 0 saturated carbocycles. The molecule has 18 heavy (non-hydrogen) atoms. The molecule has 106 valence electrons. The van der Waals surface area contributed by atoms with E-state index >= 15 is 0 Å². The Morgan fingerprint density at radius 3 is 2.39 bits per heavy atom. The van der Waals surface area contributed by atoms with Gasteiger partial charge in [0.1, 0.15) is 6.04 Å². The first-order valence-electron chi connectivity index (χ1n) is 7.34. The Balaban J connectivity index is 2.29. The van der Waals surface area contributed by atoms with Gasteiger partial charge in [-0.1, -0.05) is 19.3 Å². The standard InChI is InChI=1S/C14H28N2O2/c1-3-18-14(17)13(15-2)9-12-16-10-7-5-4-6-8-11-16/h13,15H,3-12H2,1-2H3. The zero-order valence-corrected chi connectivity index (χ0v) is 11.9. The molecule has 4 heteroatoms. The average molecular weight is 256 g/mol. The highest BCUT2D eigenvalue weighted by Gasteiger charge is 2.18. The minimum atomic E-state index is -0.157. The number of nitrogens with one attached hydrogen (secondary N) is 1. The van der Waals surface area contributed by atoms with E-state index in [-0.39, 0.29) is 12.0 Å². The predicted octanol–water partition coefficient (Wildman–Crippen LogP) is 1.79. The molecular weight excluding hydrogens is 228 g/mol. The molecule has 0 aromatic rings. The molecule has 0 aromatic carbocycles. The summed E-state index contributed by atoms with van der Waals surface area (Å²) >= 11 is 0. The maximum Gasteiger partial charge on any atom is 0.323 e. The molecule has 0 bridgehead atoms. The van der Waals surface area contributed by atoms with Crippen molar-refractivity contribution in [3.8, 4) is 0 Å². The summed E-state index contributed by atoms with van der Waals surface area (Å²) in [5, 5.41) is 3.05. The number of likely N-dealkylation sites (N-methyl/N-ethyl adjacent to an activating group) is 1. The van der Waals surface area contributed by atoms with Crippen molar-refractivity contribution in [1.82, 2.24) is 10.2 Å². The number of hydrogen-bond acceptors (Lipinski definition) is 4. The normalized spacial score (nSPS) is 19.9. The van der Waals surface area contributed by atoms with Gasteiger partial charge in [0.25, 0.3) is 0 Å². The van der Waals surface area contributed by atoms with E-state index in [9.17, 15) is 4.79 Å². The number of hydrogen-bond donors (Lipinski definition) is 1. The van der Waals surface area contributed by atoms with Crippen LogP contribution in [0, 0.1) is 0 Å². The van der Waals surface area contributed by atoms with Crippen molar-refractivity contribution in [2.75, 3.05) is 33.3 Å². The van der Waals surface area contributed by atoms with Crippen LogP contribution in [0.4, 0.5) is 0 Å². The summed E-state index contributed by atoms with van der Waals surface area (Å²) in [7, 11) is 1.83. The minimum Gasteiger partial charge on any atom is -0.465 e. The van der Waals surface area contributed by atoms with Crippen LogP contribution in [-0.4, -0.2) is 50.2 Å². The highest BCUT2D eigenvalue weighted by Crippen LogP contribution is 2.11. The molecule has 1 unspecified atom stereocenters. The molecule has 4 nitrogen and oxygen atoms in total. The van der Waals surface area contributed by atoms with E-state index in [1.165, 1.54) is 45.2 Å². The van der Waals surface area contributed by atoms with Gasteiger partial charge in [-0.25, -0.2) is 0 Å². The Morgan fingerprint density at radius 2 is 1.83 bits per heavy atom. The summed E-state index contributed by atoms with van der Waals surface area (Å²) in [6, 6.07) is -0.157. The summed E-state index contributed by atoms with van der Waals surface area (Å²) in [5.74, 6) is -0.118. The highest BCUT2D eigenvalue weighted by atomic mass is 16.5. The molecule has 1 rings (SSSR count). The Kier molecular flexibility index (Phi) is 8.01. The van der Waals surface area contributed by atoms with Crippen LogP contribution in [-0.2, 0) is 9.53 Å². The van der Waals surface area contributed by atoms with Crippen LogP contribution >= 0.6 is 0 Å². The molecule has 1 aliphatic heterocycles. The van der Waals surface area contributed by atoms with Crippen molar-refractivity contribution < 1.29 is 9.53 Å². The first-order chi connectivity index (χ1) is 8.77. The molecule has 0 aromatic heterocycles. The van der Waals surface area contributed by atoms with Gasteiger partial charge >= 0.3 is 5.97 Å². The predicted molar refractivity (Wildman–Crippen MR) is 73.6 cm³/mol. The monoisotopic (exact) mass is 256 g/mol. The zero-order chi connectivity index (χ0) is 13.2. The van der Waals surface area contributed by atoms with Crippen LogP contribution < -0.4 is 5.32 Å². The van der Waals surface area contributed by atoms with E-state index in [2.05, 4.69) is 10.2 Å². The lowest BCUT2D eigenvalue weighted by atomic mass is 10.1. The molecule has 0 aliphatic carbocycles. The number of carbonyl (C=O) groups is 1. The second-order valence-electron chi connectivity index (χ2n) is 4.99. The molecule has 1 fully saturated rings. The van der Waals surface area contributed by atoms with Gasteiger partial charge in [0.2, 0.25) is 0 Å². The van der Waals surface area contributed by atoms with Crippen LogP contribution in [0.5, 0.6) is 0 Å². The summed E-state index contributed by atoms with van der Waals surface area (Å²) in [4.78, 5) is 14.2. The third-order valence-electron chi connectivity index (χ3n) is 3.60. The second kappa shape index (κ2) is 9.34. The number of ether oxygens (including phenoxy) is 1. The lowest BCUT2D eigenvalue weighted by Gasteiger charge is -2.26. The third-order valence-corrected chi connectivity index (χ3v) is 3.60. The third kappa shape index (κ3) is 5.83. The fourth-order valence-corrected chi connectivity index (χ4v) is 2.47. The first kappa shape index (κ1) is 15.4. The maximum atomic E-state index is 11.7. The van der Waals surface area contributed by atoms with Gasteiger partial charge in [0.05, 0.1) is 6.61 Å². The first-order valence-corrected chi connectivity index (χ1v) is 7.34. The number of nitrogens with zero attached hydrogens (tertiary/aromatic N) is 1. The number of rotatable bonds is 6. The Bertz CT molecular complexity index is 226. The van der Waals surface area contributed by atoms with Gasteiger partial charge in [-0.15, -0.1) is 0 Å². The van der Waals surface area contributed by atoms with E-state index in [0.717, 1.165) is 13.0 Å². The summed E-state index contributed by atoms with van der Waals surface area (Å²) in [5.41, 5.74) is 0. The van der Waals surface area contributed by atoms with Gasteiger partial charge in [0.15, 0.2) is 0 Å². The Hall–Kier alpha value is -0.610. The van der Waals surface area contributed by atoms with E-state index in [0.29, 0.717) is 6.61 Å². The molecular formula is C14H28N2O2. The lowest BCUT2D eigenvalue weighted by molar-refractivity contribution is -0.145. The summed E-state index contributed by atoms with van der Waals surface area (Å²) in [6.45, 7) is 5.66. The number of likely N-dealkylation sites (tertiary alicyclic amines) is 1. The smallest absolute Gasteiger partial charge is 0.323 e. The lowest BCUT2D eigenvalue weighted by Crippen LogP contribution is -2.39. The van der Waals surface area contributed by atoms with Gasteiger partial charge < -0.3 is 15.0 Å². The number of esters is 1. The summed E-state index contributed by atoms with van der Waals surface area (Å²) in [6.07, 6.45) is 7.52. The van der Waals surface area contributed by atoms with Crippen molar-refractivity contribution >= 4 is 5.97 Å². The quantitative estimate of drug-likeness (QED) is 0.736. The van der Waals surface area contributed by atoms with Gasteiger partial charge in [-0.05, 0) is 46.3 Å². The summed E-state index contributed by atoms with van der Waals surface area (Å²) < 4.78 is 5.06. The van der Waals surface area contributed by atoms with Crippen LogP contribution in [0.1, 0.15) is 45.4 Å². The molecule has 1 saturated heterocycles. The topological polar surface area (TPSA) is 41.6 Å². The molecule has 1 N–H and O–H groups in total. The van der Waals surface area contributed by atoms with Crippen molar-refractivity contribution in [3.63, 3.8) is 0 Å². The van der Waals surface area contributed by atoms with Gasteiger partial charge in [-0.3, -0.25) is 4.79 Å².